The van der Waals surface area contributed by atoms with Gasteiger partial charge in [0.1, 0.15) is 17.2 Å². The van der Waals surface area contributed by atoms with Crippen LogP contribution < -0.4 is 10.6 Å². The molecule has 1 aliphatic heterocycles. The summed E-state index contributed by atoms with van der Waals surface area (Å²) in [4.78, 5) is 26.8. The van der Waals surface area contributed by atoms with E-state index < -0.39 is 5.82 Å². The van der Waals surface area contributed by atoms with Gasteiger partial charge in [-0.2, -0.15) is 0 Å². The smallest absolute Gasteiger partial charge is 0.163 e. The van der Waals surface area contributed by atoms with E-state index >= 15 is 0 Å². The number of pyridine rings is 3. The van der Waals surface area contributed by atoms with Gasteiger partial charge in [-0.05, 0) is 67.0 Å². The minimum Gasteiger partial charge on any atom is -0.366 e. The Hall–Kier alpha value is -3.98. The van der Waals surface area contributed by atoms with Crippen LogP contribution in [0, 0.1) is 11.2 Å². The first kappa shape index (κ1) is 24.1. The Morgan fingerprint density at radius 3 is 2.74 bits per heavy atom. The normalized spacial score (nSPS) is 19.3. The maximum Gasteiger partial charge on any atom is 0.163 e. The second kappa shape index (κ2) is 9.34. The molecule has 39 heavy (non-hydrogen) atoms. The number of hydrogen-bond donors (Lipinski definition) is 3. The average Bonchev–Trinajstić information content (AvgIpc) is 3.33. The van der Waals surface area contributed by atoms with Crippen LogP contribution in [-0.4, -0.2) is 49.0 Å². The summed E-state index contributed by atoms with van der Waals surface area (Å²) >= 11 is 0. The molecular weight excluding hydrogens is 491 g/mol. The van der Waals surface area contributed by atoms with Gasteiger partial charge in [0.15, 0.2) is 11.6 Å². The lowest BCUT2D eigenvalue weighted by atomic mass is 9.78. The molecular formula is C30H31FN8. The number of aromatic nitrogens is 6. The van der Waals surface area contributed by atoms with Crippen LogP contribution in [-0.2, 0) is 0 Å². The van der Waals surface area contributed by atoms with Crippen LogP contribution in [0.4, 0.5) is 10.2 Å². The maximum absolute atomic E-state index is 14.5. The van der Waals surface area contributed by atoms with Crippen molar-refractivity contribution >= 4 is 27.8 Å². The highest BCUT2D eigenvalue weighted by Gasteiger charge is 2.34. The molecule has 2 aliphatic rings. The summed E-state index contributed by atoms with van der Waals surface area (Å²) in [5, 5.41) is 9.27. The van der Waals surface area contributed by atoms with Crippen molar-refractivity contribution in [1.82, 2.24) is 35.2 Å². The molecule has 6 heterocycles. The third-order valence-electron chi connectivity index (χ3n) is 8.41. The molecule has 1 saturated heterocycles. The molecule has 1 atom stereocenters. The van der Waals surface area contributed by atoms with Gasteiger partial charge in [-0.1, -0.05) is 20.3 Å². The molecule has 9 heteroatoms. The Balaban J connectivity index is 1.40. The molecule has 7 rings (SSSR count). The number of halogens is 1. The molecule has 2 fully saturated rings. The zero-order valence-corrected chi connectivity index (χ0v) is 22.1. The summed E-state index contributed by atoms with van der Waals surface area (Å²) in [5.74, 6) is 1.54. The number of anilines is 1. The van der Waals surface area contributed by atoms with Gasteiger partial charge in [-0.3, -0.25) is 9.97 Å². The van der Waals surface area contributed by atoms with Gasteiger partial charge in [0.25, 0.3) is 0 Å². The van der Waals surface area contributed by atoms with Gasteiger partial charge in [0.2, 0.25) is 0 Å². The number of aromatic amines is 1. The molecule has 8 nitrogen and oxygen atoms in total. The molecule has 0 bridgehead atoms. The van der Waals surface area contributed by atoms with Gasteiger partial charge in [-0.15, -0.1) is 0 Å². The molecule has 5 aromatic heterocycles. The van der Waals surface area contributed by atoms with Crippen molar-refractivity contribution in [2.45, 2.75) is 51.5 Å². The lowest BCUT2D eigenvalue weighted by Gasteiger charge is -2.40. The van der Waals surface area contributed by atoms with E-state index in [1.165, 1.54) is 30.9 Å². The Morgan fingerprint density at radius 2 is 1.95 bits per heavy atom. The first-order valence-electron chi connectivity index (χ1n) is 13.7. The van der Waals surface area contributed by atoms with Crippen LogP contribution in [0.15, 0.2) is 49.1 Å². The number of rotatable bonds is 5. The first-order chi connectivity index (χ1) is 19.0. The van der Waals surface area contributed by atoms with Crippen molar-refractivity contribution in [2.75, 3.05) is 18.4 Å². The molecule has 0 spiro atoms. The molecule has 1 aliphatic carbocycles. The molecule has 3 N–H and O–H groups in total. The van der Waals surface area contributed by atoms with Crippen LogP contribution in [0.1, 0.15) is 51.0 Å². The third kappa shape index (κ3) is 4.21. The minimum atomic E-state index is -0.391. The van der Waals surface area contributed by atoms with Crippen LogP contribution in [0.25, 0.3) is 44.7 Å². The maximum atomic E-state index is 14.5. The Morgan fingerprint density at radius 1 is 1.05 bits per heavy atom. The summed E-state index contributed by atoms with van der Waals surface area (Å²) < 4.78 is 14.5. The SMILES string of the molecule is CC1(C)CNCCC1Nc1nc(-c2ccnc3[nH]c(-c4ncccc4F)cc23)nc2cncc(C3CCC3)c12. The highest BCUT2D eigenvalue weighted by Crippen LogP contribution is 2.42. The molecule has 198 valence electrons. The van der Waals surface area contributed by atoms with Crippen LogP contribution >= 0.6 is 0 Å². The number of piperidine rings is 1. The van der Waals surface area contributed by atoms with Crippen LogP contribution in [0.2, 0.25) is 0 Å². The van der Waals surface area contributed by atoms with Gasteiger partial charge in [-0.25, -0.2) is 19.3 Å². The van der Waals surface area contributed by atoms with E-state index in [1.807, 2.05) is 24.5 Å². The Kier molecular flexibility index (Phi) is 5.77. The van der Waals surface area contributed by atoms with Crippen molar-refractivity contribution < 1.29 is 4.39 Å². The molecule has 1 unspecified atom stereocenters. The van der Waals surface area contributed by atoms with E-state index in [0.29, 0.717) is 23.1 Å². The van der Waals surface area contributed by atoms with Gasteiger partial charge < -0.3 is 15.6 Å². The fourth-order valence-corrected chi connectivity index (χ4v) is 5.90. The first-order valence-corrected chi connectivity index (χ1v) is 13.7. The molecule has 1 saturated carbocycles. The van der Waals surface area contributed by atoms with E-state index in [9.17, 15) is 4.39 Å². The zero-order chi connectivity index (χ0) is 26.6. The van der Waals surface area contributed by atoms with Crippen molar-refractivity contribution in [1.29, 1.82) is 0 Å². The summed E-state index contributed by atoms with van der Waals surface area (Å²) in [6.07, 6.45) is 11.7. The fourth-order valence-electron chi connectivity index (χ4n) is 5.90. The number of nitrogens with one attached hydrogen (secondary N) is 3. The average molecular weight is 523 g/mol. The second-order valence-electron chi connectivity index (χ2n) is 11.4. The predicted octanol–water partition coefficient (Wildman–Crippen LogP) is 5.84. The van der Waals surface area contributed by atoms with Crippen molar-refractivity contribution in [2.24, 2.45) is 5.41 Å². The minimum absolute atomic E-state index is 0.0611. The van der Waals surface area contributed by atoms with Crippen molar-refractivity contribution in [3.05, 3.63) is 60.4 Å². The van der Waals surface area contributed by atoms with E-state index in [1.54, 1.807) is 18.5 Å². The lowest BCUT2D eigenvalue weighted by molar-refractivity contribution is 0.236. The number of nitrogens with zero attached hydrogens (tertiary/aromatic N) is 5. The molecule has 5 aromatic rings. The zero-order valence-electron chi connectivity index (χ0n) is 22.1. The number of fused-ring (bicyclic) bond motifs is 2. The predicted molar refractivity (Wildman–Crippen MR) is 151 cm³/mol. The van der Waals surface area contributed by atoms with E-state index in [2.05, 4.69) is 44.4 Å². The second-order valence-corrected chi connectivity index (χ2v) is 11.4. The summed E-state index contributed by atoms with van der Waals surface area (Å²) in [6, 6.07) is 7.04. The molecule has 0 aromatic carbocycles. The number of hydrogen-bond acceptors (Lipinski definition) is 7. The van der Waals surface area contributed by atoms with E-state index in [0.717, 1.165) is 47.2 Å². The van der Waals surface area contributed by atoms with Crippen molar-refractivity contribution in [3.8, 4) is 22.8 Å². The van der Waals surface area contributed by atoms with Crippen LogP contribution in [0.5, 0.6) is 0 Å². The van der Waals surface area contributed by atoms with Crippen molar-refractivity contribution in [3.63, 3.8) is 0 Å². The van der Waals surface area contributed by atoms with Gasteiger partial charge >= 0.3 is 0 Å². The summed E-state index contributed by atoms with van der Waals surface area (Å²) in [6.45, 7) is 6.49. The third-order valence-corrected chi connectivity index (χ3v) is 8.41. The highest BCUT2D eigenvalue weighted by atomic mass is 19.1. The fraction of sp³-hybridized carbons (Fsp3) is 0.367. The standard InChI is InChI=1S/C30H31FN8/c1-30(2)16-32-11-9-24(30)38-29-25-20(17-5-3-6-17)14-33-15-23(25)37-28(39-29)18-8-12-35-27-19(18)13-22(36-27)26-21(31)7-4-10-34-26/h4,7-8,10,12-15,17,24,32H,3,5-6,9,11,16H2,1-2H3,(H,35,36)(H,37,38,39). The molecule has 0 amide bonds. The lowest BCUT2D eigenvalue weighted by Crippen LogP contribution is -2.49. The Bertz CT molecular complexity index is 1690. The summed E-state index contributed by atoms with van der Waals surface area (Å²) in [7, 11) is 0. The summed E-state index contributed by atoms with van der Waals surface area (Å²) in [5.41, 5.74) is 4.39. The Labute approximate surface area is 225 Å². The molecule has 0 radical (unpaired) electrons. The van der Waals surface area contributed by atoms with Gasteiger partial charge in [0, 0.05) is 47.5 Å². The largest absolute Gasteiger partial charge is 0.366 e. The topological polar surface area (TPSA) is 104 Å². The van der Waals surface area contributed by atoms with Gasteiger partial charge in [0.05, 0.1) is 17.4 Å². The number of H-pyrrole nitrogens is 1. The van der Waals surface area contributed by atoms with E-state index in [4.69, 9.17) is 9.97 Å². The van der Waals surface area contributed by atoms with Crippen LogP contribution in [0.3, 0.4) is 0 Å². The monoisotopic (exact) mass is 522 g/mol. The highest BCUT2D eigenvalue weighted by molar-refractivity contribution is 5.98. The quantitative estimate of drug-likeness (QED) is 0.266. The van der Waals surface area contributed by atoms with E-state index in [-0.39, 0.29) is 17.2 Å².